The Balaban J connectivity index is 1.59. The number of hydrogen-bond acceptors (Lipinski definition) is 4. The maximum Gasteiger partial charge on any atom is 0.253 e. The van der Waals surface area contributed by atoms with Crippen LogP contribution in [0.15, 0.2) is 48.5 Å². The largest absolute Gasteiger partial charge is 0.383 e. The number of likely N-dealkylation sites (N-methyl/N-ethyl adjacent to an activating group) is 1. The predicted octanol–water partition coefficient (Wildman–Crippen LogP) is 3.18. The van der Waals surface area contributed by atoms with Gasteiger partial charge in [-0.05, 0) is 41.9 Å². The Labute approximate surface area is 200 Å². The van der Waals surface area contributed by atoms with Crippen LogP contribution in [0.25, 0.3) is 11.1 Å². The summed E-state index contributed by atoms with van der Waals surface area (Å²) in [5.41, 5.74) is 3.27. The minimum absolute atomic E-state index is 0.0710. The molecule has 1 heterocycles. The number of fused-ring (bicyclic) bond motifs is 3. The molecule has 3 unspecified atom stereocenters. The Morgan fingerprint density at radius 2 is 1.59 bits per heavy atom. The highest BCUT2D eigenvalue weighted by Crippen LogP contribution is 2.39. The molecule has 0 spiro atoms. The number of para-hydroxylation sites is 1. The molecule has 1 aliphatic carbocycles. The van der Waals surface area contributed by atoms with Crippen molar-refractivity contribution in [1.29, 1.82) is 0 Å². The van der Waals surface area contributed by atoms with Crippen LogP contribution in [0, 0.1) is 11.8 Å². The monoisotopic (exact) mass is 463 g/mol. The third kappa shape index (κ3) is 4.57. The van der Waals surface area contributed by atoms with E-state index >= 15 is 0 Å². The average Bonchev–Trinajstić information content (AvgIpc) is 3.36. The van der Waals surface area contributed by atoms with Gasteiger partial charge in [-0.15, -0.1) is 0 Å². The number of amides is 3. The first-order chi connectivity index (χ1) is 16.3. The van der Waals surface area contributed by atoms with Gasteiger partial charge in [0.2, 0.25) is 11.8 Å². The molecule has 3 N–H and O–H groups in total. The average molecular weight is 464 g/mol. The molecule has 0 radical (unpaired) electrons. The van der Waals surface area contributed by atoms with Gasteiger partial charge in [0.1, 0.15) is 18.2 Å². The Bertz CT molecular complexity index is 1080. The van der Waals surface area contributed by atoms with E-state index in [0.717, 1.165) is 42.5 Å². The number of carbonyl (C=O) groups is 3. The number of rotatable bonds is 6. The Hall–Kier alpha value is -3.19. The molecule has 1 aliphatic heterocycles. The summed E-state index contributed by atoms with van der Waals surface area (Å²) in [4.78, 5) is 41.2. The zero-order valence-corrected chi connectivity index (χ0v) is 20.0. The van der Waals surface area contributed by atoms with Gasteiger partial charge in [-0.2, -0.15) is 0 Å². The van der Waals surface area contributed by atoms with Crippen LogP contribution in [-0.2, 0) is 14.4 Å². The fraction of sp³-hybridized carbons (Fsp3) is 0.444. The predicted molar refractivity (Wildman–Crippen MR) is 131 cm³/mol. The highest BCUT2D eigenvalue weighted by atomic mass is 16.3. The van der Waals surface area contributed by atoms with E-state index in [1.165, 1.54) is 0 Å². The van der Waals surface area contributed by atoms with Gasteiger partial charge in [0.05, 0.1) is 5.69 Å². The number of nitrogens with one attached hydrogen (secondary N) is 2. The van der Waals surface area contributed by atoms with Crippen molar-refractivity contribution in [3.8, 4) is 11.1 Å². The fourth-order valence-corrected chi connectivity index (χ4v) is 5.07. The molecular formula is C27H33N3O4. The van der Waals surface area contributed by atoms with Crippen LogP contribution in [-0.4, -0.2) is 42.0 Å². The van der Waals surface area contributed by atoms with Crippen LogP contribution in [0.4, 0.5) is 5.69 Å². The van der Waals surface area contributed by atoms with E-state index in [-0.39, 0.29) is 17.7 Å². The van der Waals surface area contributed by atoms with Crippen LogP contribution >= 0.6 is 0 Å². The van der Waals surface area contributed by atoms with E-state index in [2.05, 4.69) is 10.6 Å². The number of aliphatic hydroxyl groups is 1. The molecule has 2 aliphatic rings. The lowest BCUT2D eigenvalue weighted by Crippen LogP contribution is -2.54. The first-order valence-corrected chi connectivity index (χ1v) is 12.0. The normalized spacial score (nSPS) is 19.7. The van der Waals surface area contributed by atoms with Gasteiger partial charge in [-0.3, -0.25) is 14.4 Å². The van der Waals surface area contributed by atoms with Crippen LogP contribution in [0.3, 0.4) is 0 Å². The molecule has 1 fully saturated rings. The lowest BCUT2D eigenvalue weighted by Gasteiger charge is -2.28. The van der Waals surface area contributed by atoms with Gasteiger partial charge < -0.3 is 20.6 Å². The Morgan fingerprint density at radius 3 is 2.26 bits per heavy atom. The van der Waals surface area contributed by atoms with Crippen LogP contribution in [0.5, 0.6) is 0 Å². The zero-order chi connectivity index (χ0) is 24.4. The smallest absolute Gasteiger partial charge is 0.253 e. The minimum Gasteiger partial charge on any atom is -0.383 e. The highest BCUT2D eigenvalue weighted by Gasteiger charge is 2.37. The summed E-state index contributed by atoms with van der Waals surface area (Å²) in [5, 5.41) is 16.1. The number of hydrogen-bond donors (Lipinski definition) is 3. The van der Waals surface area contributed by atoms with Crippen molar-refractivity contribution in [2.45, 2.75) is 57.7 Å². The van der Waals surface area contributed by atoms with Crippen molar-refractivity contribution >= 4 is 23.4 Å². The summed E-state index contributed by atoms with van der Waals surface area (Å²) in [6.45, 7) is 3.66. The minimum atomic E-state index is -1.13. The van der Waals surface area contributed by atoms with Gasteiger partial charge in [-0.25, -0.2) is 0 Å². The molecule has 1 saturated carbocycles. The molecule has 180 valence electrons. The Morgan fingerprint density at radius 1 is 0.971 bits per heavy atom. The van der Waals surface area contributed by atoms with Gasteiger partial charge >= 0.3 is 0 Å². The van der Waals surface area contributed by atoms with E-state index in [1.807, 2.05) is 62.4 Å². The lowest BCUT2D eigenvalue weighted by molar-refractivity contribution is -0.137. The number of aliphatic hydroxyl groups excluding tert-OH is 1. The maximum atomic E-state index is 13.5. The summed E-state index contributed by atoms with van der Waals surface area (Å²) in [5.74, 6) is -1.54. The summed E-state index contributed by atoms with van der Waals surface area (Å²) < 4.78 is 0. The lowest BCUT2D eigenvalue weighted by atomic mass is 9.94. The molecule has 2 aromatic carbocycles. The number of nitrogens with zero attached hydrogens (tertiary/aromatic N) is 1. The third-order valence-electron chi connectivity index (χ3n) is 7.05. The molecule has 0 saturated heterocycles. The fourth-order valence-electron chi connectivity index (χ4n) is 5.07. The quantitative estimate of drug-likeness (QED) is 0.613. The van der Waals surface area contributed by atoms with Gasteiger partial charge in [0.15, 0.2) is 0 Å². The first kappa shape index (κ1) is 24.0. The van der Waals surface area contributed by atoms with E-state index in [4.69, 9.17) is 0 Å². The second kappa shape index (κ2) is 9.97. The molecule has 7 heteroatoms. The molecule has 0 aromatic heterocycles. The maximum absolute atomic E-state index is 13.5. The van der Waals surface area contributed by atoms with Gasteiger partial charge in [-0.1, -0.05) is 69.2 Å². The molecular weight excluding hydrogens is 430 g/mol. The number of carbonyl (C=O) groups excluding carboxylic acids is 3. The van der Waals surface area contributed by atoms with Crippen molar-refractivity contribution < 1.29 is 19.5 Å². The van der Waals surface area contributed by atoms with Gasteiger partial charge in [0.25, 0.3) is 5.91 Å². The molecule has 7 nitrogen and oxygen atoms in total. The number of anilines is 1. The summed E-state index contributed by atoms with van der Waals surface area (Å²) in [6, 6.07) is 13.4. The summed E-state index contributed by atoms with van der Waals surface area (Å²) in [7, 11) is 1.70. The van der Waals surface area contributed by atoms with Crippen LogP contribution in [0.2, 0.25) is 0 Å². The first-order valence-electron chi connectivity index (χ1n) is 12.0. The second-order valence-corrected chi connectivity index (χ2v) is 9.66. The van der Waals surface area contributed by atoms with Crippen LogP contribution < -0.4 is 15.5 Å². The topological polar surface area (TPSA) is 98.7 Å². The molecule has 34 heavy (non-hydrogen) atoms. The molecule has 0 bridgehead atoms. The van der Waals surface area contributed by atoms with Gasteiger partial charge in [0, 0.05) is 12.6 Å². The highest BCUT2D eigenvalue weighted by molar-refractivity contribution is 6.06. The van der Waals surface area contributed by atoms with E-state index in [1.54, 1.807) is 11.9 Å². The van der Waals surface area contributed by atoms with Crippen molar-refractivity contribution in [3.63, 3.8) is 0 Å². The number of benzene rings is 2. The molecule has 3 atom stereocenters. The van der Waals surface area contributed by atoms with E-state index in [0.29, 0.717) is 5.56 Å². The summed E-state index contributed by atoms with van der Waals surface area (Å²) in [6.07, 6.45) is 2.50. The van der Waals surface area contributed by atoms with E-state index < -0.39 is 30.0 Å². The molecule has 3 amide bonds. The molecule has 2 aromatic rings. The van der Waals surface area contributed by atoms with Crippen LogP contribution in [0.1, 0.15) is 51.1 Å². The summed E-state index contributed by atoms with van der Waals surface area (Å²) >= 11 is 0. The van der Waals surface area contributed by atoms with Crippen molar-refractivity contribution in [2.75, 3.05) is 11.9 Å². The van der Waals surface area contributed by atoms with Crippen molar-refractivity contribution in [3.05, 3.63) is 54.1 Å². The molecule has 4 rings (SSSR count). The third-order valence-corrected chi connectivity index (χ3v) is 7.05. The van der Waals surface area contributed by atoms with Crippen molar-refractivity contribution in [2.24, 2.45) is 11.8 Å². The Kier molecular flexibility index (Phi) is 7.03. The standard InChI is InChI=1S/C27H33N3O4/c1-16(2)22(28-26(33)24(31)17-10-4-5-11-17)25(32)29-23-20-14-7-6-12-18(20)19-13-8-9-15-21(19)30(3)27(23)34/h6-9,12-17,22-24,31H,4-5,10-11H2,1-3H3,(H,28,33)(H,29,32). The van der Waals surface area contributed by atoms with E-state index in [9.17, 15) is 19.5 Å². The van der Waals surface area contributed by atoms with Crippen molar-refractivity contribution in [1.82, 2.24) is 10.6 Å². The zero-order valence-electron chi connectivity index (χ0n) is 20.0. The second-order valence-electron chi connectivity index (χ2n) is 9.66. The SMILES string of the molecule is CC(C)C(NC(=O)C(O)C1CCCC1)C(=O)NC1C(=O)N(C)c2ccccc2-c2ccccc21.